The zero-order chi connectivity index (χ0) is 14.7. The van der Waals surface area contributed by atoms with Gasteiger partial charge in [0.15, 0.2) is 0 Å². The van der Waals surface area contributed by atoms with Gasteiger partial charge in [0.05, 0.1) is 30.8 Å². The third-order valence-corrected chi connectivity index (χ3v) is 3.43. The Balaban J connectivity index is 2.33. The van der Waals surface area contributed by atoms with Crippen LogP contribution in [-0.4, -0.2) is 53.2 Å². The molecule has 1 saturated heterocycles. The summed E-state index contributed by atoms with van der Waals surface area (Å²) in [5, 5.41) is 20.2. The number of aliphatic hydroxyl groups is 1. The zero-order valence-electron chi connectivity index (χ0n) is 11.1. The summed E-state index contributed by atoms with van der Waals surface area (Å²) in [6.07, 6.45) is 0. The second kappa shape index (κ2) is 5.98. The van der Waals surface area contributed by atoms with Gasteiger partial charge in [-0.05, 0) is 13.0 Å². The van der Waals surface area contributed by atoms with E-state index in [1.807, 2.05) is 0 Å². The Labute approximate surface area is 115 Å². The molecule has 0 bridgehead atoms. The molecule has 0 radical (unpaired) electrons. The second-order valence-corrected chi connectivity index (χ2v) is 4.62. The number of morpholine rings is 1. The molecule has 0 spiro atoms. The average Bonchev–Trinajstić information content (AvgIpc) is 2.46. The molecule has 1 heterocycles. The van der Waals surface area contributed by atoms with E-state index in [0.29, 0.717) is 24.3 Å². The van der Waals surface area contributed by atoms with Crippen LogP contribution in [-0.2, 0) is 4.74 Å². The maximum absolute atomic E-state index is 12.5. The average molecular weight is 280 g/mol. The molecular weight excluding hydrogens is 264 g/mol. The molecule has 108 valence electrons. The monoisotopic (exact) mass is 280 g/mol. The molecule has 1 aliphatic rings. The Morgan fingerprint density at radius 1 is 1.60 bits per heavy atom. The molecule has 0 aromatic heterocycles. The second-order valence-electron chi connectivity index (χ2n) is 4.62. The van der Waals surface area contributed by atoms with E-state index in [2.05, 4.69) is 0 Å². The Kier molecular flexibility index (Phi) is 4.31. The summed E-state index contributed by atoms with van der Waals surface area (Å²) >= 11 is 0. The van der Waals surface area contributed by atoms with E-state index in [1.165, 1.54) is 17.0 Å². The van der Waals surface area contributed by atoms with Crippen molar-refractivity contribution in [3.63, 3.8) is 0 Å². The van der Waals surface area contributed by atoms with Gasteiger partial charge in [-0.1, -0.05) is 6.07 Å². The highest BCUT2D eigenvalue weighted by atomic mass is 16.6. The number of nitro benzene ring substituents is 1. The van der Waals surface area contributed by atoms with Crippen molar-refractivity contribution in [2.45, 2.75) is 13.0 Å². The molecule has 0 saturated carbocycles. The van der Waals surface area contributed by atoms with Gasteiger partial charge in [0.25, 0.3) is 11.6 Å². The standard InChI is InChI=1S/C13H16N2O5/c1-9-11(3-2-4-12(9)15(18)19)13(17)14-5-6-20-8-10(14)7-16/h2-4,10,16H,5-8H2,1H3. The molecular formula is C13H16N2O5. The van der Waals surface area contributed by atoms with Crippen LogP contribution in [0.1, 0.15) is 15.9 Å². The molecule has 7 nitrogen and oxygen atoms in total. The fraction of sp³-hybridized carbons (Fsp3) is 0.462. The van der Waals surface area contributed by atoms with Crippen molar-refractivity contribution >= 4 is 11.6 Å². The maximum atomic E-state index is 12.5. The smallest absolute Gasteiger partial charge is 0.273 e. The molecule has 1 aromatic rings. The number of amides is 1. The third kappa shape index (κ3) is 2.63. The van der Waals surface area contributed by atoms with Gasteiger partial charge < -0.3 is 14.7 Å². The summed E-state index contributed by atoms with van der Waals surface area (Å²) < 4.78 is 5.22. The number of aliphatic hydroxyl groups excluding tert-OH is 1. The van der Waals surface area contributed by atoms with Gasteiger partial charge in [0.2, 0.25) is 0 Å². The molecule has 20 heavy (non-hydrogen) atoms. The highest BCUT2D eigenvalue weighted by Gasteiger charge is 2.29. The molecule has 1 aromatic carbocycles. The van der Waals surface area contributed by atoms with E-state index < -0.39 is 11.0 Å². The minimum absolute atomic E-state index is 0.0790. The fourth-order valence-corrected chi connectivity index (χ4v) is 2.28. The highest BCUT2D eigenvalue weighted by Crippen LogP contribution is 2.23. The van der Waals surface area contributed by atoms with Gasteiger partial charge in [0, 0.05) is 23.7 Å². The molecule has 1 unspecified atom stereocenters. The topological polar surface area (TPSA) is 92.9 Å². The van der Waals surface area contributed by atoms with Gasteiger partial charge in [-0.25, -0.2) is 0 Å². The predicted molar refractivity (Wildman–Crippen MR) is 70.6 cm³/mol. The van der Waals surface area contributed by atoms with Gasteiger partial charge in [0.1, 0.15) is 0 Å². The first kappa shape index (κ1) is 14.4. The number of benzene rings is 1. The van der Waals surface area contributed by atoms with E-state index in [0.717, 1.165) is 0 Å². The van der Waals surface area contributed by atoms with Crippen molar-refractivity contribution in [3.05, 3.63) is 39.4 Å². The van der Waals surface area contributed by atoms with E-state index in [9.17, 15) is 20.0 Å². The van der Waals surface area contributed by atoms with Crippen LogP contribution >= 0.6 is 0 Å². The summed E-state index contributed by atoms with van der Waals surface area (Å²) in [5.41, 5.74) is 0.551. The number of nitrogens with zero attached hydrogens (tertiary/aromatic N) is 2. The van der Waals surface area contributed by atoms with Crippen molar-refractivity contribution in [2.75, 3.05) is 26.4 Å². The van der Waals surface area contributed by atoms with Gasteiger partial charge in [-0.3, -0.25) is 14.9 Å². The summed E-state index contributed by atoms with van der Waals surface area (Å²) in [6, 6.07) is 4.02. The van der Waals surface area contributed by atoms with Crippen LogP contribution in [0.25, 0.3) is 0 Å². The first-order valence-corrected chi connectivity index (χ1v) is 6.30. The lowest BCUT2D eigenvalue weighted by Crippen LogP contribution is -2.50. The lowest BCUT2D eigenvalue weighted by molar-refractivity contribution is -0.385. The van der Waals surface area contributed by atoms with E-state index >= 15 is 0 Å². The van der Waals surface area contributed by atoms with Crippen molar-refractivity contribution in [1.29, 1.82) is 0 Å². The zero-order valence-corrected chi connectivity index (χ0v) is 11.1. The number of hydrogen-bond donors (Lipinski definition) is 1. The summed E-state index contributed by atoms with van der Waals surface area (Å²) in [7, 11) is 0. The van der Waals surface area contributed by atoms with E-state index in [-0.39, 0.29) is 24.8 Å². The highest BCUT2D eigenvalue weighted by molar-refractivity contribution is 5.96. The predicted octanol–water partition coefficient (Wildman–Crippen LogP) is 0.737. The first-order chi connectivity index (χ1) is 9.56. The molecule has 1 fully saturated rings. The summed E-state index contributed by atoms with van der Waals surface area (Å²) in [6.45, 7) is 2.40. The lowest BCUT2D eigenvalue weighted by Gasteiger charge is -2.34. The van der Waals surface area contributed by atoms with Gasteiger partial charge >= 0.3 is 0 Å². The normalized spacial score (nSPS) is 18.9. The minimum Gasteiger partial charge on any atom is -0.394 e. The minimum atomic E-state index is -0.505. The summed E-state index contributed by atoms with van der Waals surface area (Å²) in [4.78, 5) is 24.4. The molecule has 7 heteroatoms. The molecule has 1 N–H and O–H groups in total. The van der Waals surface area contributed by atoms with Crippen LogP contribution in [0.3, 0.4) is 0 Å². The van der Waals surface area contributed by atoms with Crippen molar-refractivity contribution < 1.29 is 19.6 Å². The number of carbonyl (C=O) groups is 1. The van der Waals surface area contributed by atoms with Crippen molar-refractivity contribution in [2.24, 2.45) is 0 Å². The van der Waals surface area contributed by atoms with Crippen LogP contribution in [0.15, 0.2) is 18.2 Å². The Morgan fingerprint density at radius 3 is 3.00 bits per heavy atom. The van der Waals surface area contributed by atoms with E-state index in [4.69, 9.17) is 4.74 Å². The largest absolute Gasteiger partial charge is 0.394 e. The Morgan fingerprint density at radius 2 is 2.35 bits per heavy atom. The van der Waals surface area contributed by atoms with E-state index in [1.54, 1.807) is 13.0 Å². The van der Waals surface area contributed by atoms with Crippen LogP contribution < -0.4 is 0 Å². The lowest BCUT2D eigenvalue weighted by atomic mass is 10.0. The molecule has 1 amide bonds. The SMILES string of the molecule is Cc1c(C(=O)N2CCOCC2CO)cccc1[N+](=O)[O-]. The van der Waals surface area contributed by atoms with Crippen LogP contribution in [0.5, 0.6) is 0 Å². The molecule has 2 rings (SSSR count). The third-order valence-electron chi connectivity index (χ3n) is 3.43. The van der Waals surface area contributed by atoms with Gasteiger partial charge in [-0.2, -0.15) is 0 Å². The Hall–Kier alpha value is -1.99. The van der Waals surface area contributed by atoms with Crippen molar-refractivity contribution in [3.8, 4) is 0 Å². The first-order valence-electron chi connectivity index (χ1n) is 6.30. The molecule has 1 atom stereocenters. The number of carbonyl (C=O) groups excluding carboxylic acids is 1. The molecule has 1 aliphatic heterocycles. The molecule has 0 aliphatic carbocycles. The maximum Gasteiger partial charge on any atom is 0.273 e. The number of nitro groups is 1. The number of rotatable bonds is 3. The van der Waals surface area contributed by atoms with Gasteiger partial charge in [-0.15, -0.1) is 0 Å². The van der Waals surface area contributed by atoms with Crippen LogP contribution in [0, 0.1) is 17.0 Å². The number of ether oxygens (including phenoxy) is 1. The number of hydrogen-bond acceptors (Lipinski definition) is 5. The quantitative estimate of drug-likeness (QED) is 0.651. The Bertz CT molecular complexity index is 531. The fourth-order valence-electron chi connectivity index (χ4n) is 2.28. The van der Waals surface area contributed by atoms with Crippen LogP contribution in [0.2, 0.25) is 0 Å². The van der Waals surface area contributed by atoms with Crippen LogP contribution in [0.4, 0.5) is 5.69 Å². The summed E-state index contributed by atoms with van der Waals surface area (Å²) in [5.74, 6) is -0.312. The van der Waals surface area contributed by atoms with Crippen molar-refractivity contribution in [1.82, 2.24) is 4.90 Å².